The molecule has 0 aliphatic rings. The summed E-state index contributed by atoms with van der Waals surface area (Å²) in [6.45, 7) is -1.85. The number of carbonyl (C=O) groups is 2. The Morgan fingerprint density at radius 3 is 2.33 bits per heavy atom. The summed E-state index contributed by atoms with van der Waals surface area (Å²) in [6.07, 6.45) is -4.55. The summed E-state index contributed by atoms with van der Waals surface area (Å²) in [7, 11) is 0. The molecule has 2 amide bonds. The minimum Gasteiger partial charge on any atom is -0.376 e. The zero-order chi connectivity index (χ0) is 20.0. The van der Waals surface area contributed by atoms with Crippen LogP contribution in [0.5, 0.6) is 0 Å². The van der Waals surface area contributed by atoms with Crippen molar-refractivity contribution in [2.75, 3.05) is 23.7 Å². The Labute approximate surface area is 150 Å². The van der Waals surface area contributed by atoms with Crippen LogP contribution in [0.2, 0.25) is 0 Å². The number of nitrogens with one attached hydrogen (secondary N) is 3. The molecule has 144 valence electrons. The molecule has 27 heavy (non-hydrogen) atoms. The maximum absolute atomic E-state index is 13.1. The SMILES string of the molecule is O=C(CNc1ccccc1C(=O)NCC(F)(F)F)Nc1ccc(F)c(F)c1. The zero-order valence-electron chi connectivity index (χ0n) is 13.7. The van der Waals surface area contributed by atoms with Crippen molar-refractivity contribution in [1.29, 1.82) is 0 Å². The van der Waals surface area contributed by atoms with E-state index in [9.17, 15) is 31.5 Å². The van der Waals surface area contributed by atoms with E-state index in [-0.39, 0.29) is 23.5 Å². The minimum absolute atomic E-state index is 0.0249. The van der Waals surface area contributed by atoms with E-state index < -0.39 is 36.2 Å². The van der Waals surface area contributed by atoms with Crippen molar-refractivity contribution >= 4 is 23.2 Å². The zero-order valence-corrected chi connectivity index (χ0v) is 13.7. The molecular formula is C17H14F5N3O2. The van der Waals surface area contributed by atoms with E-state index in [0.717, 1.165) is 18.2 Å². The van der Waals surface area contributed by atoms with Crippen LogP contribution in [0.25, 0.3) is 0 Å². The summed E-state index contributed by atoms with van der Waals surface area (Å²) in [5.74, 6) is -3.79. The first-order valence-corrected chi connectivity index (χ1v) is 7.58. The number of halogens is 5. The van der Waals surface area contributed by atoms with Crippen LogP contribution in [-0.2, 0) is 4.79 Å². The van der Waals surface area contributed by atoms with Gasteiger partial charge in [-0.05, 0) is 24.3 Å². The van der Waals surface area contributed by atoms with Gasteiger partial charge < -0.3 is 16.0 Å². The lowest BCUT2D eigenvalue weighted by Crippen LogP contribution is -2.34. The molecule has 0 aliphatic heterocycles. The molecule has 2 aromatic carbocycles. The molecule has 0 saturated carbocycles. The molecule has 0 fully saturated rings. The first-order chi connectivity index (χ1) is 12.7. The van der Waals surface area contributed by atoms with Crippen molar-refractivity contribution in [2.45, 2.75) is 6.18 Å². The molecule has 0 saturated heterocycles. The molecule has 0 heterocycles. The Morgan fingerprint density at radius 2 is 1.67 bits per heavy atom. The highest BCUT2D eigenvalue weighted by Crippen LogP contribution is 2.17. The molecule has 0 spiro atoms. The number of hydrogen-bond acceptors (Lipinski definition) is 3. The summed E-state index contributed by atoms with van der Waals surface area (Å²) in [5, 5.41) is 6.67. The molecule has 0 unspecified atom stereocenters. The van der Waals surface area contributed by atoms with Crippen molar-refractivity contribution in [3.8, 4) is 0 Å². The maximum atomic E-state index is 13.1. The largest absolute Gasteiger partial charge is 0.405 e. The summed E-state index contributed by atoms with van der Waals surface area (Å²) < 4.78 is 62.6. The van der Waals surface area contributed by atoms with Gasteiger partial charge in [0, 0.05) is 17.4 Å². The summed E-state index contributed by atoms with van der Waals surface area (Å²) in [4.78, 5) is 23.8. The Hall–Kier alpha value is -3.17. The van der Waals surface area contributed by atoms with Crippen LogP contribution in [0.4, 0.5) is 33.3 Å². The Balaban J connectivity index is 1.98. The maximum Gasteiger partial charge on any atom is 0.405 e. The fourth-order valence-corrected chi connectivity index (χ4v) is 2.07. The van der Waals surface area contributed by atoms with E-state index in [1.807, 2.05) is 0 Å². The number of anilines is 2. The van der Waals surface area contributed by atoms with Crippen molar-refractivity contribution in [3.63, 3.8) is 0 Å². The number of benzene rings is 2. The predicted molar refractivity (Wildman–Crippen MR) is 88.3 cm³/mol. The third kappa shape index (κ3) is 6.24. The first kappa shape index (κ1) is 20.1. The molecule has 0 radical (unpaired) electrons. The van der Waals surface area contributed by atoms with Crippen LogP contribution >= 0.6 is 0 Å². The van der Waals surface area contributed by atoms with Crippen molar-refractivity contribution in [2.24, 2.45) is 0 Å². The fraction of sp³-hybridized carbons (Fsp3) is 0.176. The second kappa shape index (κ2) is 8.47. The molecule has 5 nitrogen and oxygen atoms in total. The first-order valence-electron chi connectivity index (χ1n) is 7.58. The topological polar surface area (TPSA) is 70.2 Å². The van der Waals surface area contributed by atoms with Gasteiger partial charge in [0.1, 0.15) is 6.54 Å². The number of rotatable bonds is 6. The van der Waals surface area contributed by atoms with Gasteiger partial charge in [0.05, 0.1) is 12.1 Å². The van der Waals surface area contributed by atoms with Gasteiger partial charge in [-0.1, -0.05) is 12.1 Å². The third-order valence-corrected chi connectivity index (χ3v) is 3.26. The highest BCUT2D eigenvalue weighted by molar-refractivity contribution is 6.00. The van der Waals surface area contributed by atoms with Crippen LogP contribution in [0.3, 0.4) is 0 Å². The second-order valence-electron chi connectivity index (χ2n) is 5.37. The van der Waals surface area contributed by atoms with E-state index >= 15 is 0 Å². The lowest BCUT2D eigenvalue weighted by molar-refractivity contribution is -0.123. The molecule has 10 heteroatoms. The highest BCUT2D eigenvalue weighted by Gasteiger charge is 2.28. The number of amides is 2. The van der Waals surface area contributed by atoms with Gasteiger partial charge in [-0.2, -0.15) is 13.2 Å². The Bertz CT molecular complexity index is 840. The lowest BCUT2D eigenvalue weighted by atomic mass is 10.1. The average molecular weight is 387 g/mol. The van der Waals surface area contributed by atoms with Gasteiger partial charge in [0.25, 0.3) is 5.91 Å². The predicted octanol–water partition coefficient (Wildman–Crippen LogP) is 3.31. The highest BCUT2D eigenvalue weighted by atomic mass is 19.4. The van der Waals surface area contributed by atoms with Gasteiger partial charge >= 0.3 is 6.18 Å². The van der Waals surface area contributed by atoms with E-state index in [0.29, 0.717) is 0 Å². The summed E-state index contributed by atoms with van der Waals surface area (Å²) >= 11 is 0. The van der Waals surface area contributed by atoms with E-state index in [2.05, 4.69) is 10.6 Å². The van der Waals surface area contributed by atoms with Crippen LogP contribution in [0.1, 0.15) is 10.4 Å². The Morgan fingerprint density at radius 1 is 0.963 bits per heavy atom. The van der Waals surface area contributed by atoms with Gasteiger partial charge in [0.2, 0.25) is 5.91 Å². The molecule has 2 aromatic rings. The fourth-order valence-electron chi connectivity index (χ4n) is 2.07. The van der Waals surface area contributed by atoms with Crippen molar-refractivity contribution < 1.29 is 31.5 Å². The van der Waals surface area contributed by atoms with Gasteiger partial charge in [-0.15, -0.1) is 0 Å². The van der Waals surface area contributed by atoms with Gasteiger partial charge in [0.15, 0.2) is 11.6 Å². The lowest BCUT2D eigenvalue weighted by Gasteiger charge is -2.13. The molecule has 0 aliphatic carbocycles. The molecule has 2 rings (SSSR count). The average Bonchev–Trinajstić information content (AvgIpc) is 2.60. The van der Waals surface area contributed by atoms with Crippen LogP contribution in [-0.4, -0.2) is 31.1 Å². The van der Waals surface area contributed by atoms with Crippen molar-refractivity contribution in [3.05, 3.63) is 59.7 Å². The van der Waals surface area contributed by atoms with Gasteiger partial charge in [-0.3, -0.25) is 9.59 Å². The number of para-hydroxylation sites is 1. The number of alkyl halides is 3. The van der Waals surface area contributed by atoms with Crippen LogP contribution < -0.4 is 16.0 Å². The molecule has 3 N–H and O–H groups in total. The van der Waals surface area contributed by atoms with Crippen LogP contribution in [0, 0.1) is 11.6 Å². The molecule has 0 bridgehead atoms. The quantitative estimate of drug-likeness (QED) is 0.666. The smallest absolute Gasteiger partial charge is 0.376 e. The van der Waals surface area contributed by atoms with E-state index in [1.54, 1.807) is 5.32 Å². The monoisotopic (exact) mass is 387 g/mol. The van der Waals surface area contributed by atoms with E-state index in [1.165, 1.54) is 24.3 Å². The van der Waals surface area contributed by atoms with Gasteiger partial charge in [-0.25, -0.2) is 8.78 Å². The molecule has 0 atom stereocenters. The molecular weight excluding hydrogens is 373 g/mol. The van der Waals surface area contributed by atoms with Crippen molar-refractivity contribution in [1.82, 2.24) is 5.32 Å². The standard InChI is InChI=1S/C17H14F5N3O2/c18-12-6-5-10(7-13(12)19)25-15(26)8-23-14-4-2-1-3-11(14)16(27)24-9-17(20,21)22/h1-7,23H,8-9H2,(H,24,27)(H,25,26). The minimum atomic E-state index is -4.55. The normalized spacial score (nSPS) is 11.0. The third-order valence-electron chi connectivity index (χ3n) is 3.26. The summed E-state index contributed by atoms with van der Waals surface area (Å²) in [5.41, 5.74) is 0.0805. The number of carbonyl (C=O) groups excluding carboxylic acids is 2. The second-order valence-corrected chi connectivity index (χ2v) is 5.37. The van der Waals surface area contributed by atoms with E-state index in [4.69, 9.17) is 0 Å². The molecule has 0 aromatic heterocycles. The van der Waals surface area contributed by atoms with Crippen LogP contribution in [0.15, 0.2) is 42.5 Å². The summed E-state index contributed by atoms with van der Waals surface area (Å²) in [6, 6.07) is 8.49. The Kier molecular flexibility index (Phi) is 6.32. The number of hydrogen-bond donors (Lipinski definition) is 3.